The third kappa shape index (κ3) is 2.39. The van der Waals surface area contributed by atoms with Crippen molar-refractivity contribution in [3.8, 4) is 34.9 Å². The summed E-state index contributed by atoms with van der Waals surface area (Å²) >= 11 is 0. The molecule has 0 saturated carbocycles. The van der Waals surface area contributed by atoms with Gasteiger partial charge in [-0.05, 0) is 30.3 Å². The van der Waals surface area contributed by atoms with E-state index in [4.69, 9.17) is 5.26 Å². The molecule has 0 aliphatic carbocycles. The highest BCUT2D eigenvalue weighted by Crippen LogP contribution is 2.24. The predicted molar refractivity (Wildman–Crippen MR) is 80.1 cm³/mol. The van der Waals surface area contributed by atoms with Gasteiger partial charge in [-0.3, -0.25) is 9.97 Å². The van der Waals surface area contributed by atoms with Crippen molar-refractivity contribution in [2.75, 3.05) is 0 Å². The fourth-order valence-corrected chi connectivity index (χ4v) is 2.09. The topological polar surface area (TPSA) is 86.2 Å². The van der Waals surface area contributed by atoms with Crippen LogP contribution in [0.2, 0.25) is 0 Å². The van der Waals surface area contributed by atoms with Crippen molar-refractivity contribution < 1.29 is 0 Å². The molecule has 3 heterocycles. The molecule has 0 unspecified atom stereocenters. The number of hydrogen-bond acceptors (Lipinski definition) is 5. The van der Waals surface area contributed by atoms with Crippen molar-refractivity contribution in [1.29, 1.82) is 10.5 Å². The number of nitrogens with zero attached hydrogens (tertiary/aromatic N) is 5. The molecule has 0 amide bonds. The summed E-state index contributed by atoms with van der Waals surface area (Å²) in [5, 5.41) is 18.4. The van der Waals surface area contributed by atoms with Crippen LogP contribution in [0.4, 0.5) is 0 Å². The Kier molecular flexibility index (Phi) is 3.55. The van der Waals surface area contributed by atoms with Crippen molar-refractivity contribution in [3.05, 3.63) is 66.0 Å². The van der Waals surface area contributed by atoms with Crippen LogP contribution in [-0.2, 0) is 0 Å². The van der Waals surface area contributed by atoms with Gasteiger partial charge in [-0.2, -0.15) is 10.5 Å². The van der Waals surface area contributed by atoms with Crippen molar-refractivity contribution in [3.63, 3.8) is 0 Å². The number of hydrogen-bond donors (Lipinski definition) is 0. The lowest BCUT2D eigenvalue weighted by Gasteiger charge is -2.06. The third-order valence-corrected chi connectivity index (χ3v) is 3.10. The van der Waals surface area contributed by atoms with Gasteiger partial charge in [0.15, 0.2) is 0 Å². The lowest BCUT2D eigenvalue weighted by atomic mass is 10.1. The molecule has 0 N–H and O–H groups in total. The molecule has 5 heteroatoms. The zero-order valence-electron chi connectivity index (χ0n) is 11.4. The molecule has 0 aromatic carbocycles. The van der Waals surface area contributed by atoms with Gasteiger partial charge in [0.2, 0.25) is 0 Å². The van der Waals surface area contributed by atoms with E-state index in [1.54, 1.807) is 12.3 Å². The summed E-state index contributed by atoms with van der Waals surface area (Å²) in [7, 11) is 0. The zero-order chi connectivity index (χ0) is 15.4. The van der Waals surface area contributed by atoms with Crippen LogP contribution in [0.15, 0.2) is 54.9 Å². The van der Waals surface area contributed by atoms with E-state index >= 15 is 0 Å². The predicted octanol–water partition coefficient (Wildman–Crippen LogP) is 2.95. The summed E-state index contributed by atoms with van der Waals surface area (Å²) < 4.78 is 0. The highest BCUT2D eigenvalue weighted by molar-refractivity contribution is 5.69. The fourth-order valence-electron chi connectivity index (χ4n) is 2.09. The van der Waals surface area contributed by atoms with E-state index in [-0.39, 0.29) is 11.1 Å². The maximum Gasteiger partial charge on any atom is 0.108 e. The second-order valence-corrected chi connectivity index (χ2v) is 4.43. The van der Waals surface area contributed by atoms with Crippen LogP contribution < -0.4 is 0 Å². The van der Waals surface area contributed by atoms with Gasteiger partial charge in [0.05, 0.1) is 28.2 Å². The van der Waals surface area contributed by atoms with Crippen LogP contribution in [0.3, 0.4) is 0 Å². The Morgan fingerprint density at radius 3 is 2.27 bits per heavy atom. The smallest absolute Gasteiger partial charge is 0.108 e. The number of nitriles is 2. The average molecular weight is 283 g/mol. The molecule has 0 atom stereocenters. The monoisotopic (exact) mass is 283 g/mol. The molecule has 3 aromatic heterocycles. The largest absolute Gasteiger partial charge is 0.255 e. The fraction of sp³-hybridized carbons (Fsp3) is 0. The van der Waals surface area contributed by atoms with E-state index in [0.29, 0.717) is 17.1 Å². The Bertz CT molecular complexity index is 904. The minimum atomic E-state index is 0.232. The average Bonchev–Trinajstić information content (AvgIpc) is 2.61. The quantitative estimate of drug-likeness (QED) is 0.721. The first kappa shape index (κ1) is 13.4. The molecular weight excluding hydrogens is 274 g/mol. The molecule has 3 rings (SSSR count). The van der Waals surface area contributed by atoms with Gasteiger partial charge in [-0.15, -0.1) is 0 Å². The van der Waals surface area contributed by atoms with E-state index < -0.39 is 0 Å². The van der Waals surface area contributed by atoms with Gasteiger partial charge in [0.25, 0.3) is 0 Å². The van der Waals surface area contributed by atoms with Crippen molar-refractivity contribution in [1.82, 2.24) is 15.0 Å². The summed E-state index contributed by atoms with van der Waals surface area (Å²) in [6.45, 7) is 0. The van der Waals surface area contributed by atoms with Crippen LogP contribution >= 0.6 is 0 Å². The summed E-state index contributed by atoms with van der Waals surface area (Å²) in [6.07, 6.45) is 3.20. The molecule has 0 aliphatic rings. The Morgan fingerprint density at radius 2 is 1.55 bits per heavy atom. The highest BCUT2D eigenvalue weighted by atomic mass is 14.8. The van der Waals surface area contributed by atoms with E-state index in [9.17, 15) is 5.26 Å². The lowest BCUT2D eigenvalue weighted by molar-refractivity contribution is 1.20. The second-order valence-electron chi connectivity index (χ2n) is 4.43. The molecule has 5 nitrogen and oxygen atoms in total. The molecule has 0 aliphatic heterocycles. The minimum absolute atomic E-state index is 0.232. The standard InChI is InChI=1S/C17H9N5/c18-10-12-7-9-21-17(13(12)11-19)16-6-3-5-15(22-16)14-4-1-2-8-20-14/h1-9H. The van der Waals surface area contributed by atoms with Gasteiger partial charge < -0.3 is 0 Å². The first-order valence-corrected chi connectivity index (χ1v) is 6.51. The molecule has 0 saturated heterocycles. The number of rotatable bonds is 2. The van der Waals surface area contributed by atoms with Gasteiger partial charge in [0, 0.05) is 12.4 Å². The van der Waals surface area contributed by atoms with E-state index in [2.05, 4.69) is 15.0 Å². The minimum Gasteiger partial charge on any atom is -0.255 e. The van der Waals surface area contributed by atoms with Crippen LogP contribution in [0.5, 0.6) is 0 Å². The van der Waals surface area contributed by atoms with Crippen LogP contribution in [0.1, 0.15) is 11.1 Å². The number of aromatic nitrogens is 3. The van der Waals surface area contributed by atoms with Crippen LogP contribution in [0, 0.1) is 22.7 Å². The maximum atomic E-state index is 9.30. The summed E-state index contributed by atoms with van der Waals surface area (Å²) in [4.78, 5) is 13.0. The summed E-state index contributed by atoms with van der Waals surface area (Å²) in [5.41, 5.74) is 2.88. The number of pyridine rings is 3. The molecule has 3 aromatic rings. The Labute approximate surface area is 127 Å². The van der Waals surface area contributed by atoms with Crippen molar-refractivity contribution in [2.24, 2.45) is 0 Å². The first-order chi connectivity index (χ1) is 10.8. The molecule has 0 radical (unpaired) electrons. The maximum absolute atomic E-state index is 9.30. The van der Waals surface area contributed by atoms with Crippen LogP contribution in [0.25, 0.3) is 22.8 Å². The summed E-state index contributed by atoms with van der Waals surface area (Å²) in [5.74, 6) is 0. The SMILES string of the molecule is N#Cc1ccnc(-c2cccc(-c3ccccn3)n2)c1C#N. The van der Waals surface area contributed by atoms with Gasteiger partial charge >= 0.3 is 0 Å². The van der Waals surface area contributed by atoms with E-state index in [1.165, 1.54) is 12.3 Å². The third-order valence-electron chi connectivity index (χ3n) is 3.10. The lowest BCUT2D eigenvalue weighted by Crippen LogP contribution is -1.96. The van der Waals surface area contributed by atoms with Crippen LogP contribution in [-0.4, -0.2) is 15.0 Å². The van der Waals surface area contributed by atoms with Crippen molar-refractivity contribution in [2.45, 2.75) is 0 Å². The molecule has 0 fully saturated rings. The first-order valence-electron chi connectivity index (χ1n) is 6.51. The van der Waals surface area contributed by atoms with Gasteiger partial charge in [0.1, 0.15) is 17.8 Å². The molecule has 0 bridgehead atoms. The van der Waals surface area contributed by atoms with E-state index in [0.717, 1.165) is 5.69 Å². The van der Waals surface area contributed by atoms with Gasteiger partial charge in [-0.1, -0.05) is 12.1 Å². The molecule has 22 heavy (non-hydrogen) atoms. The highest BCUT2D eigenvalue weighted by Gasteiger charge is 2.13. The second kappa shape index (κ2) is 5.82. The zero-order valence-corrected chi connectivity index (χ0v) is 11.4. The molecule has 102 valence electrons. The Hall–Kier alpha value is -3.57. The van der Waals surface area contributed by atoms with E-state index in [1.807, 2.05) is 42.5 Å². The Morgan fingerprint density at radius 1 is 0.727 bits per heavy atom. The summed E-state index contributed by atoms with van der Waals surface area (Å²) in [6, 6.07) is 16.5. The molecular formula is C17H9N5. The Balaban J connectivity index is 2.16. The van der Waals surface area contributed by atoms with Gasteiger partial charge in [-0.25, -0.2) is 4.98 Å². The van der Waals surface area contributed by atoms with Crippen molar-refractivity contribution >= 4 is 0 Å². The normalized spacial score (nSPS) is 9.73. The molecule has 0 spiro atoms.